The normalized spacial score (nSPS) is 16.8. The van der Waals surface area contributed by atoms with Gasteiger partial charge in [0.15, 0.2) is 0 Å². The van der Waals surface area contributed by atoms with Crippen molar-refractivity contribution < 1.29 is 4.79 Å². The van der Waals surface area contributed by atoms with Crippen LogP contribution >= 0.6 is 40.1 Å². The van der Waals surface area contributed by atoms with E-state index in [2.05, 4.69) is 46.4 Å². The van der Waals surface area contributed by atoms with Crippen LogP contribution in [0.3, 0.4) is 0 Å². The van der Waals surface area contributed by atoms with E-state index in [1.165, 1.54) is 10.5 Å². The molecule has 0 aliphatic carbocycles. The van der Waals surface area contributed by atoms with Crippen molar-refractivity contribution in [1.29, 1.82) is 0 Å². The first-order valence-electron chi connectivity index (χ1n) is 7.03. The average molecular weight is 394 g/mol. The van der Waals surface area contributed by atoms with Crippen LogP contribution in [0.4, 0.5) is 0 Å². The number of halogens is 2. The molecule has 21 heavy (non-hydrogen) atoms. The Balaban J connectivity index is 0.00000220. The predicted molar refractivity (Wildman–Crippen MR) is 95.4 cm³/mol. The van der Waals surface area contributed by atoms with Gasteiger partial charge in [-0.2, -0.15) is 0 Å². The van der Waals surface area contributed by atoms with Crippen LogP contribution in [0.5, 0.6) is 0 Å². The Morgan fingerprint density at radius 2 is 2.29 bits per heavy atom. The minimum Gasteiger partial charge on any atom is -0.336 e. The monoisotopic (exact) mass is 392 g/mol. The standard InChI is InChI=1S/C15H21BrN2OS.ClH/c1-3-18(15(19)6-8-17-2)13-7-9-20-14-5-4-11(16)10-12(13)14;/h4-5,10,13,17H,3,6-9H2,1-2H3;1H. The molecule has 0 saturated carbocycles. The van der Waals surface area contributed by atoms with Crippen molar-refractivity contribution in [2.75, 3.05) is 25.9 Å². The Hall–Kier alpha value is -0.230. The number of carbonyl (C=O) groups excluding carboxylic acids is 1. The molecule has 0 fully saturated rings. The van der Waals surface area contributed by atoms with E-state index in [9.17, 15) is 4.79 Å². The molecule has 1 aromatic carbocycles. The van der Waals surface area contributed by atoms with Gasteiger partial charge in [-0.05, 0) is 44.2 Å². The second-order valence-corrected chi connectivity index (χ2v) is 6.92. The summed E-state index contributed by atoms with van der Waals surface area (Å²) in [6.45, 7) is 3.57. The zero-order valence-corrected chi connectivity index (χ0v) is 15.6. The maximum atomic E-state index is 12.4. The maximum absolute atomic E-state index is 12.4. The molecule has 0 aromatic heterocycles. The lowest BCUT2D eigenvalue weighted by molar-refractivity contribution is -0.133. The third-order valence-corrected chi connectivity index (χ3v) is 5.22. The molecule has 1 heterocycles. The molecule has 1 aromatic rings. The van der Waals surface area contributed by atoms with Crippen molar-refractivity contribution in [1.82, 2.24) is 10.2 Å². The number of benzene rings is 1. The van der Waals surface area contributed by atoms with Gasteiger partial charge in [0.1, 0.15) is 0 Å². The highest BCUT2D eigenvalue weighted by Crippen LogP contribution is 2.40. The zero-order chi connectivity index (χ0) is 14.5. The van der Waals surface area contributed by atoms with E-state index in [-0.39, 0.29) is 24.4 Å². The molecule has 0 saturated heterocycles. The van der Waals surface area contributed by atoms with Crippen molar-refractivity contribution >= 4 is 46.0 Å². The van der Waals surface area contributed by atoms with Gasteiger partial charge in [-0.3, -0.25) is 4.79 Å². The Labute approximate surface area is 145 Å². The van der Waals surface area contributed by atoms with Crippen LogP contribution in [-0.2, 0) is 4.79 Å². The minimum atomic E-state index is 0. The van der Waals surface area contributed by atoms with E-state index in [1.54, 1.807) is 0 Å². The van der Waals surface area contributed by atoms with Gasteiger partial charge >= 0.3 is 0 Å². The summed E-state index contributed by atoms with van der Waals surface area (Å²) in [4.78, 5) is 15.7. The van der Waals surface area contributed by atoms with Gasteiger partial charge in [0.25, 0.3) is 0 Å². The molecule has 1 atom stereocenters. The van der Waals surface area contributed by atoms with Crippen molar-refractivity contribution in [3.8, 4) is 0 Å². The van der Waals surface area contributed by atoms with E-state index >= 15 is 0 Å². The SMILES string of the molecule is CCN(C(=O)CCNC)C1CCSc2ccc(Br)cc21.Cl. The zero-order valence-electron chi connectivity index (χ0n) is 12.4. The number of thioether (sulfide) groups is 1. The van der Waals surface area contributed by atoms with E-state index in [4.69, 9.17) is 0 Å². The second-order valence-electron chi connectivity index (χ2n) is 4.87. The molecule has 1 N–H and O–H groups in total. The molecular formula is C15H22BrClN2OS. The van der Waals surface area contributed by atoms with Crippen molar-refractivity contribution in [3.63, 3.8) is 0 Å². The number of hydrogen-bond acceptors (Lipinski definition) is 3. The number of fused-ring (bicyclic) bond motifs is 1. The molecule has 1 aliphatic rings. The molecule has 0 radical (unpaired) electrons. The summed E-state index contributed by atoms with van der Waals surface area (Å²) in [5.74, 6) is 1.32. The van der Waals surface area contributed by atoms with Crippen LogP contribution in [0.1, 0.15) is 31.4 Å². The van der Waals surface area contributed by atoms with Gasteiger partial charge in [-0.25, -0.2) is 0 Å². The highest BCUT2D eigenvalue weighted by Gasteiger charge is 2.28. The summed E-state index contributed by atoms with van der Waals surface area (Å²) in [5.41, 5.74) is 1.29. The van der Waals surface area contributed by atoms with Gasteiger partial charge in [-0.1, -0.05) is 15.9 Å². The Morgan fingerprint density at radius 3 is 2.95 bits per heavy atom. The Morgan fingerprint density at radius 1 is 1.52 bits per heavy atom. The molecule has 118 valence electrons. The van der Waals surface area contributed by atoms with Crippen LogP contribution < -0.4 is 5.32 Å². The van der Waals surface area contributed by atoms with Crippen LogP contribution in [0, 0.1) is 0 Å². The maximum Gasteiger partial charge on any atom is 0.224 e. The molecule has 0 spiro atoms. The second kappa shape index (κ2) is 9.03. The lowest BCUT2D eigenvalue weighted by atomic mass is 10.0. The number of carbonyl (C=O) groups is 1. The molecular weight excluding hydrogens is 372 g/mol. The number of amides is 1. The third kappa shape index (κ3) is 4.62. The molecule has 1 amide bonds. The number of nitrogens with zero attached hydrogens (tertiary/aromatic N) is 1. The molecule has 3 nitrogen and oxygen atoms in total. The van der Waals surface area contributed by atoms with Gasteiger partial charge in [0, 0.05) is 34.6 Å². The molecule has 1 unspecified atom stereocenters. The van der Waals surface area contributed by atoms with Crippen molar-refractivity contribution in [3.05, 3.63) is 28.2 Å². The van der Waals surface area contributed by atoms with Gasteiger partial charge in [0.2, 0.25) is 5.91 Å². The first-order chi connectivity index (χ1) is 9.67. The summed E-state index contributed by atoms with van der Waals surface area (Å²) in [5, 5.41) is 3.05. The van der Waals surface area contributed by atoms with E-state index in [0.29, 0.717) is 6.42 Å². The summed E-state index contributed by atoms with van der Waals surface area (Å²) in [6.07, 6.45) is 1.60. The first-order valence-corrected chi connectivity index (χ1v) is 8.81. The summed E-state index contributed by atoms with van der Waals surface area (Å²) in [6, 6.07) is 6.62. The van der Waals surface area contributed by atoms with Crippen LogP contribution in [0.15, 0.2) is 27.6 Å². The van der Waals surface area contributed by atoms with E-state index in [0.717, 1.165) is 29.7 Å². The first kappa shape index (κ1) is 18.8. The summed E-state index contributed by atoms with van der Waals surface area (Å²) >= 11 is 5.43. The largest absolute Gasteiger partial charge is 0.336 e. The summed E-state index contributed by atoms with van der Waals surface area (Å²) in [7, 11) is 1.88. The lowest BCUT2D eigenvalue weighted by Crippen LogP contribution is -2.37. The molecule has 1 aliphatic heterocycles. The smallest absolute Gasteiger partial charge is 0.224 e. The predicted octanol–water partition coefficient (Wildman–Crippen LogP) is 3.87. The Bertz CT molecular complexity index is 487. The number of rotatable bonds is 5. The highest BCUT2D eigenvalue weighted by molar-refractivity contribution is 9.10. The highest BCUT2D eigenvalue weighted by atomic mass is 79.9. The number of nitrogens with one attached hydrogen (secondary N) is 1. The minimum absolute atomic E-state index is 0. The topological polar surface area (TPSA) is 32.3 Å². The van der Waals surface area contributed by atoms with Crippen molar-refractivity contribution in [2.24, 2.45) is 0 Å². The Kier molecular flexibility index (Phi) is 8.09. The fraction of sp³-hybridized carbons (Fsp3) is 0.533. The fourth-order valence-electron chi connectivity index (χ4n) is 2.62. The van der Waals surface area contributed by atoms with Gasteiger partial charge in [-0.15, -0.1) is 24.2 Å². The van der Waals surface area contributed by atoms with Crippen LogP contribution in [0.2, 0.25) is 0 Å². The number of hydrogen-bond donors (Lipinski definition) is 1. The van der Waals surface area contributed by atoms with Crippen LogP contribution in [0.25, 0.3) is 0 Å². The average Bonchev–Trinajstić information content (AvgIpc) is 2.46. The fourth-order valence-corrected chi connectivity index (χ4v) is 4.08. The van der Waals surface area contributed by atoms with Gasteiger partial charge in [0.05, 0.1) is 6.04 Å². The van der Waals surface area contributed by atoms with Crippen molar-refractivity contribution in [2.45, 2.75) is 30.7 Å². The molecule has 2 rings (SSSR count). The molecule has 6 heteroatoms. The third-order valence-electron chi connectivity index (χ3n) is 3.61. The van der Waals surface area contributed by atoms with Gasteiger partial charge < -0.3 is 10.2 Å². The molecule has 0 bridgehead atoms. The van der Waals surface area contributed by atoms with E-state index in [1.807, 2.05) is 23.7 Å². The van der Waals surface area contributed by atoms with E-state index < -0.39 is 0 Å². The summed E-state index contributed by atoms with van der Waals surface area (Å²) < 4.78 is 1.09. The quantitative estimate of drug-likeness (QED) is 0.824. The lowest BCUT2D eigenvalue weighted by Gasteiger charge is -2.35. The van der Waals surface area contributed by atoms with Crippen LogP contribution in [-0.4, -0.2) is 36.7 Å².